The van der Waals surface area contributed by atoms with E-state index in [0.29, 0.717) is 44.0 Å². The third-order valence-corrected chi connectivity index (χ3v) is 6.94. The van der Waals surface area contributed by atoms with Crippen LogP contribution in [-0.4, -0.2) is 66.8 Å². The molecule has 4 rings (SSSR count). The molecule has 0 unspecified atom stereocenters. The lowest BCUT2D eigenvalue weighted by molar-refractivity contribution is -0.0469. The number of piperidine rings is 1. The molecule has 1 saturated carbocycles. The largest absolute Gasteiger partial charge is 0.450 e. The molecule has 1 aromatic carbocycles. The lowest BCUT2D eigenvalue weighted by Crippen LogP contribution is -2.64. The van der Waals surface area contributed by atoms with E-state index in [1.165, 1.54) is 12.0 Å². The predicted molar refractivity (Wildman–Crippen MR) is 111 cm³/mol. The molecule has 2 atom stereocenters. The molecule has 2 saturated heterocycles. The summed E-state index contributed by atoms with van der Waals surface area (Å²) in [6.07, 6.45) is 3.28. The summed E-state index contributed by atoms with van der Waals surface area (Å²) < 4.78 is 5.13. The first-order valence-corrected chi connectivity index (χ1v) is 11.0. The number of nitrogens with zero attached hydrogens (tertiary/aromatic N) is 3. The topological polar surface area (TPSA) is 68.6 Å². The summed E-state index contributed by atoms with van der Waals surface area (Å²) in [5.41, 5.74) is 1.38. The molecule has 1 aromatic rings. The first-order chi connectivity index (χ1) is 14.1. The summed E-state index contributed by atoms with van der Waals surface area (Å²) in [4.78, 5) is 16.3. The Morgan fingerprint density at radius 2 is 2.00 bits per heavy atom. The Bertz CT molecular complexity index is 733. The molecule has 3 fully saturated rings. The van der Waals surface area contributed by atoms with E-state index in [9.17, 15) is 10.1 Å². The molecule has 0 bridgehead atoms. The summed E-state index contributed by atoms with van der Waals surface area (Å²) in [6, 6.07) is 13.8. The maximum absolute atomic E-state index is 12.0. The van der Waals surface area contributed by atoms with Gasteiger partial charge in [0.15, 0.2) is 0 Å². The van der Waals surface area contributed by atoms with Crippen molar-refractivity contribution in [1.29, 1.82) is 5.26 Å². The first kappa shape index (κ1) is 20.2. The van der Waals surface area contributed by atoms with Gasteiger partial charge in [-0.05, 0) is 37.7 Å². The molecule has 3 aliphatic rings. The highest BCUT2D eigenvalue weighted by Gasteiger charge is 2.46. The molecule has 0 aromatic heterocycles. The average molecular weight is 397 g/mol. The van der Waals surface area contributed by atoms with Crippen LogP contribution in [0.5, 0.6) is 0 Å². The third kappa shape index (κ3) is 4.41. The lowest BCUT2D eigenvalue weighted by atomic mass is 9.79. The fourth-order valence-corrected chi connectivity index (χ4v) is 4.97. The first-order valence-electron chi connectivity index (χ1n) is 11.0. The molecule has 2 heterocycles. The van der Waals surface area contributed by atoms with E-state index in [1.54, 1.807) is 4.90 Å². The van der Waals surface area contributed by atoms with Crippen LogP contribution in [0.3, 0.4) is 0 Å². The van der Waals surface area contributed by atoms with Crippen LogP contribution in [0.1, 0.15) is 44.1 Å². The normalized spacial score (nSPS) is 26.4. The molecule has 29 heavy (non-hydrogen) atoms. The van der Waals surface area contributed by atoms with E-state index in [1.807, 2.05) is 6.92 Å². The minimum atomic E-state index is -0.221. The monoisotopic (exact) mass is 396 g/mol. The van der Waals surface area contributed by atoms with Crippen LogP contribution in [0.2, 0.25) is 0 Å². The van der Waals surface area contributed by atoms with Crippen LogP contribution in [-0.2, 0) is 4.74 Å². The number of carbonyl (C=O) groups excluding carboxylic acids is 1. The van der Waals surface area contributed by atoms with E-state index in [2.05, 4.69) is 46.6 Å². The van der Waals surface area contributed by atoms with E-state index >= 15 is 0 Å². The van der Waals surface area contributed by atoms with Crippen molar-refractivity contribution in [3.8, 4) is 6.07 Å². The fourth-order valence-electron chi connectivity index (χ4n) is 4.97. The van der Waals surface area contributed by atoms with Gasteiger partial charge >= 0.3 is 6.09 Å². The number of carbonyl (C=O) groups is 1. The Morgan fingerprint density at radius 1 is 1.28 bits per heavy atom. The predicted octanol–water partition coefficient (Wildman–Crippen LogP) is 2.97. The van der Waals surface area contributed by atoms with Gasteiger partial charge in [-0.1, -0.05) is 30.3 Å². The number of nitriles is 1. The number of amides is 1. The molecule has 1 amide bonds. The molecule has 0 spiro atoms. The number of likely N-dealkylation sites (tertiary alicyclic amines) is 2. The van der Waals surface area contributed by atoms with Crippen molar-refractivity contribution < 1.29 is 9.53 Å². The standard InChI is InChI=1S/C23H32N4O2/c1-2-29-22(28)26-12-9-23(8-11-24,10-13-26)27-16-18(17-27)15-25-21-14-20(21)19-6-4-3-5-7-19/h3-7,18,20-21,25H,2,8-10,12-17H2,1H3/t20-,21+/m0/s1. The molecule has 2 aliphatic heterocycles. The van der Waals surface area contributed by atoms with Gasteiger partial charge in [-0.15, -0.1) is 0 Å². The fraction of sp³-hybridized carbons (Fsp3) is 0.652. The lowest BCUT2D eigenvalue weighted by Gasteiger charge is -2.54. The van der Waals surface area contributed by atoms with Gasteiger partial charge in [-0.25, -0.2) is 4.79 Å². The van der Waals surface area contributed by atoms with Crippen LogP contribution in [0.4, 0.5) is 4.79 Å². The minimum Gasteiger partial charge on any atom is -0.450 e. The molecule has 6 heteroatoms. The highest BCUT2D eigenvalue weighted by atomic mass is 16.6. The molecule has 6 nitrogen and oxygen atoms in total. The van der Waals surface area contributed by atoms with Gasteiger partial charge in [-0.3, -0.25) is 4.90 Å². The van der Waals surface area contributed by atoms with Gasteiger partial charge in [0.2, 0.25) is 0 Å². The number of ether oxygens (including phenoxy) is 1. The maximum Gasteiger partial charge on any atom is 0.409 e. The van der Waals surface area contributed by atoms with Crippen molar-refractivity contribution in [2.45, 2.75) is 50.1 Å². The zero-order valence-electron chi connectivity index (χ0n) is 17.3. The highest BCUT2D eigenvalue weighted by molar-refractivity contribution is 5.67. The molecular formula is C23H32N4O2. The van der Waals surface area contributed by atoms with Crippen LogP contribution in [0, 0.1) is 17.2 Å². The van der Waals surface area contributed by atoms with Crippen molar-refractivity contribution in [1.82, 2.24) is 15.1 Å². The van der Waals surface area contributed by atoms with Gasteiger partial charge in [0.25, 0.3) is 0 Å². The van der Waals surface area contributed by atoms with Crippen LogP contribution in [0.15, 0.2) is 30.3 Å². The van der Waals surface area contributed by atoms with E-state index < -0.39 is 0 Å². The van der Waals surface area contributed by atoms with Crippen molar-refractivity contribution >= 4 is 6.09 Å². The Labute approximate surface area is 173 Å². The summed E-state index contributed by atoms with van der Waals surface area (Å²) >= 11 is 0. The average Bonchev–Trinajstić information content (AvgIpc) is 3.48. The van der Waals surface area contributed by atoms with E-state index in [0.717, 1.165) is 32.5 Å². The zero-order chi connectivity index (χ0) is 20.3. The van der Waals surface area contributed by atoms with E-state index in [4.69, 9.17) is 4.74 Å². The molecular weight excluding hydrogens is 364 g/mol. The Morgan fingerprint density at radius 3 is 2.66 bits per heavy atom. The summed E-state index contributed by atoms with van der Waals surface area (Å²) in [5, 5.41) is 13.2. The van der Waals surface area contributed by atoms with Crippen LogP contribution >= 0.6 is 0 Å². The summed E-state index contributed by atoms with van der Waals surface area (Å²) in [7, 11) is 0. The van der Waals surface area contributed by atoms with Crippen molar-refractivity contribution in [2.75, 3.05) is 39.3 Å². The Hall–Kier alpha value is -2.10. The zero-order valence-corrected chi connectivity index (χ0v) is 17.3. The second-order valence-electron chi connectivity index (χ2n) is 8.78. The van der Waals surface area contributed by atoms with Gasteiger partial charge in [0, 0.05) is 50.2 Å². The van der Waals surface area contributed by atoms with Gasteiger partial charge in [0.05, 0.1) is 19.1 Å². The second kappa shape index (κ2) is 8.73. The smallest absolute Gasteiger partial charge is 0.409 e. The highest BCUT2D eigenvalue weighted by Crippen LogP contribution is 2.41. The Balaban J connectivity index is 1.22. The summed E-state index contributed by atoms with van der Waals surface area (Å²) in [6.45, 7) is 6.77. The molecule has 0 radical (unpaired) electrons. The third-order valence-electron chi connectivity index (χ3n) is 6.94. The number of nitrogens with one attached hydrogen (secondary N) is 1. The molecule has 1 N–H and O–H groups in total. The number of rotatable bonds is 7. The molecule has 1 aliphatic carbocycles. The summed E-state index contributed by atoms with van der Waals surface area (Å²) in [5.74, 6) is 1.33. The van der Waals surface area contributed by atoms with Crippen LogP contribution in [0.25, 0.3) is 0 Å². The maximum atomic E-state index is 12.0. The number of hydrogen-bond acceptors (Lipinski definition) is 5. The number of hydrogen-bond donors (Lipinski definition) is 1. The van der Waals surface area contributed by atoms with Crippen LogP contribution < -0.4 is 5.32 Å². The van der Waals surface area contributed by atoms with Gasteiger partial charge < -0.3 is 15.0 Å². The van der Waals surface area contributed by atoms with Crippen molar-refractivity contribution in [3.63, 3.8) is 0 Å². The molecule has 156 valence electrons. The SMILES string of the molecule is CCOC(=O)N1CCC(CC#N)(N2CC(CN[C@@H]3C[C@H]3c3ccccc3)C2)CC1. The van der Waals surface area contributed by atoms with Crippen molar-refractivity contribution in [2.24, 2.45) is 5.92 Å². The second-order valence-corrected chi connectivity index (χ2v) is 8.78. The van der Waals surface area contributed by atoms with Gasteiger partial charge in [0.1, 0.15) is 0 Å². The van der Waals surface area contributed by atoms with E-state index in [-0.39, 0.29) is 11.6 Å². The number of benzene rings is 1. The van der Waals surface area contributed by atoms with Crippen molar-refractivity contribution in [3.05, 3.63) is 35.9 Å². The van der Waals surface area contributed by atoms with Gasteiger partial charge in [-0.2, -0.15) is 5.26 Å². The quantitative estimate of drug-likeness (QED) is 0.767. The minimum absolute atomic E-state index is 0.0690. The Kier molecular flexibility index (Phi) is 6.07.